The largest absolute Gasteiger partial charge is 0.514 e. The van der Waals surface area contributed by atoms with Crippen LogP contribution in [0.2, 0.25) is 0 Å². The summed E-state index contributed by atoms with van der Waals surface area (Å²) in [6.07, 6.45) is -1.27. The summed E-state index contributed by atoms with van der Waals surface area (Å²) in [4.78, 5) is 75.7. The Morgan fingerprint density at radius 2 is 1.38 bits per heavy atom. The van der Waals surface area contributed by atoms with Crippen LogP contribution in [0.4, 0.5) is 21.9 Å². The Hall–Kier alpha value is -7.41. The highest BCUT2D eigenvalue weighted by Gasteiger charge is 2.43. The summed E-state index contributed by atoms with van der Waals surface area (Å²) >= 11 is 0. The van der Waals surface area contributed by atoms with Crippen molar-refractivity contribution in [2.45, 2.75) is 91.4 Å². The van der Waals surface area contributed by atoms with E-state index in [9.17, 15) is 34.1 Å². The standard InChI is InChI=1S/C56H66N4O16/c1-38-39(2)54(74-41(4)61)55(73-40(38)3)76-50-24-19-46(35-45(50)37-72-56(65)75-48-22-20-47(21-23-48)60(66)67)58-52(63)25-27-68-29-31-70-33-34-71-32-30-69-28-26-57-51(62)15-9-10-16-53(64)59-36-44-13-6-5-11-42(44)17-18-43-12-7-8-14-49(43)59/h5-8,11-14,19-24,35,38-40,54-55H,9-10,15-16,25-34,36-37H2,1-4H3,(H,57,62)(H,58,63)/t38-,39?,40?,54-,55-/m0/s1. The molecule has 2 aliphatic rings. The molecule has 20 nitrogen and oxygen atoms in total. The Kier molecular flexibility index (Phi) is 23.0. The van der Waals surface area contributed by atoms with Gasteiger partial charge in [-0.1, -0.05) is 56.0 Å². The lowest BCUT2D eigenvalue weighted by Crippen LogP contribution is -2.52. The molecule has 3 amide bonds. The summed E-state index contributed by atoms with van der Waals surface area (Å²) < 4.78 is 50.8. The van der Waals surface area contributed by atoms with E-state index < -0.39 is 29.4 Å². The molecule has 0 radical (unpaired) electrons. The Bertz CT molecular complexity index is 2650. The number of ether oxygens (including phenoxy) is 9. The van der Waals surface area contributed by atoms with Crippen molar-refractivity contribution in [3.63, 3.8) is 0 Å². The molecule has 20 heteroatoms. The summed E-state index contributed by atoms with van der Waals surface area (Å²) in [6.45, 7) is 9.88. The molecule has 6 rings (SSSR count). The number of anilines is 2. The number of esters is 1. The molecule has 0 spiro atoms. The first-order chi connectivity index (χ1) is 36.7. The van der Waals surface area contributed by atoms with Crippen LogP contribution in [0.25, 0.3) is 0 Å². The number of para-hydroxylation sites is 1. The maximum Gasteiger partial charge on any atom is 0.514 e. The van der Waals surface area contributed by atoms with Gasteiger partial charge < -0.3 is 58.2 Å². The van der Waals surface area contributed by atoms with Crippen LogP contribution >= 0.6 is 0 Å². The van der Waals surface area contributed by atoms with Gasteiger partial charge in [0, 0.05) is 66.7 Å². The number of nitrogens with one attached hydrogen (secondary N) is 2. The molecule has 0 bridgehead atoms. The zero-order valence-corrected chi connectivity index (χ0v) is 43.3. The number of hydrogen-bond donors (Lipinski definition) is 2. The van der Waals surface area contributed by atoms with Gasteiger partial charge in [0.15, 0.2) is 6.10 Å². The Morgan fingerprint density at radius 3 is 2.09 bits per heavy atom. The fraction of sp³-hybridized carbons (Fsp3) is 0.446. The van der Waals surface area contributed by atoms with Crippen molar-refractivity contribution in [3.8, 4) is 23.3 Å². The summed E-state index contributed by atoms with van der Waals surface area (Å²) in [7, 11) is 0. The molecule has 76 heavy (non-hydrogen) atoms. The molecule has 1 saturated heterocycles. The highest BCUT2D eigenvalue weighted by Crippen LogP contribution is 2.36. The van der Waals surface area contributed by atoms with Gasteiger partial charge in [-0.15, -0.1) is 0 Å². The molecule has 4 aromatic rings. The molecule has 2 heterocycles. The summed E-state index contributed by atoms with van der Waals surface area (Å²) in [6, 6.07) is 25.1. The van der Waals surface area contributed by atoms with Crippen LogP contribution < -0.4 is 25.0 Å². The van der Waals surface area contributed by atoms with E-state index in [1.807, 2.05) is 69.3 Å². The lowest BCUT2D eigenvalue weighted by molar-refractivity contribution is -0.384. The van der Waals surface area contributed by atoms with E-state index in [1.54, 1.807) is 23.1 Å². The van der Waals surface area contributed by atoms with Gasteiger partial charge in [0.05, 0.1) is 82.5 Å². The summed E-state index contributed by atoms with van der Waals surface area (Å²) in [5.41, 5.74) is 4.00. The second kappa shape index (κ2) is 30.2. The van der Waals surface area contributed by atoms with E-state index in [1.165, 1.54) is 31.2 Å². The van der Waals surface area contributed by atoms with Gasteiger partial charge in [0.1, 0.15) is 18.1 Å². The van der Waals surface area contributed by atoms with Crippen molar-refractivity contribution in [3.05, 3.63) is 123 Å². The van der Waals surface area contributed by atoms with E-state index in [2.05, 4.69) is 22.5 Å². The lowest BCUT2D eigenvalue weighted by atomic mass is 9.84. The van der Waals surface area contributed by atoms with Crippen molar-refractivity contribution >= 4 is 46.9 Å². The normalized spacial score (nSPS) is 17.5. The Balaban J connectivity index is 0.809. The number of nitrogens with zero attached hydrogens (tertiary/aromatic N) is 2. The van der Waals surface area contributed by atoms with E-state index in [0.29, 0.717) is 83.1 Å². The summed E-state index contributed by atoms with van der Waals surface area (Å²) in [5.74, 6) is 5.65. The van der Waals surface area contributed by atoms with Crippen LogP contribution in [0.15, 0.2) is 91.0 Å². The number of nitro groups is 1. The molecule has 2 N–H and O–H groups in total. The zero-order valence-electron chi connectivity index (χ0n) is 43.3. The third kappa shape index (κ3) is 18.5. The number of hydrogen-bond acceptors (Lipinski definition) is 16. The number of benzene rings is 4. The first-order valence-corrected chi connectivity index (χ1v) is 25.3. The quantitative estimate of drug-likeness (QED) is 0.0139. The first kappa shape index (κ1) is 57.9. The smallest absolute Gasteiger partial charge is 0.460 e. The molecular formula is C56H66N4O16. The summed E-state index contributed by atoms with van der Waals surface area (Å²) in [5, 5.41) is 16.7. The Morgan fingerprint density at radius 1 is 0.737 bits per heavy atom. The number of carbonyl (C=O) groups excluding carboxylic acids is 5. The molecule has 1 fully saturated rings. The van der Waals surface area contributed by atoms with Gasteiger partial charge in [0.25, 0.3) is 5.69 Å². The van der Waals surface area contributed by atoms with Crippen molar-refractivity contribution in [1.82, 2.24) is 5.32 Å². The number of nitro benzene ring substituents is 1. The minimum Gasteiger partial charge on any atom is -0.460 e. The van der Waals surface area contributed by atoms with Gasteiger partial charge >= 0.3 is 12.1 Å². The number of non-ortho nitro benzene ring substituents is 1. The molecule has 5 atom stereocenters. The average Bonchev–Trinajstić information content (AvgIpc) is 3.40. The fourth-order valence-electron chi connectivity index (χ4n) is 8.15. The van der Waals surface area contributed by atoms with Crippen LogP contribution in [0.1, 0.15) is 82.1 Å². The van der Waals surface area contributed by atoms with Crippen molar-refractivity contribution in [2.75, 3.05) is 69.6 Å². The SMILES string of the molecule is CC(=O)O[C@H]1C(C)[C@H](C)C(C)O[C@H]1Oc1ccc(NC(=O)CCOCCOCCOCCOCCNC(=O)CCCCC(=O)N2Cc3ccccc3C#Cc3ccccc32)cc1COC(=O)Oc1ccc([N+](=O)[O-])cc1. The Labute approximate surface area is 442 Å². The van der Waals surface area contributed by atoms with Crippen molar-refractivity contribution in [2.24, 2.45) is 11.8 Å². The fourth-order valence-corrected chi connectivity index (χ4v) is 8.15. The van der Waals surface area contributed by atoms with Gasteiger partial charge in [-0.3, -0.25) is 29.3 Å². The number of fused-ring (bicyclic) bond motifs is 2. The maximum absolute atomic E-state index is 13.4. The van der Waals surface area contributed by atoms with Crippen LogP contribution in [0.5, 0.6) is 11.5 Å². The molecule has 4 aromatic carbocycles. The third-order valence-corrected chi connectivity index (χ3v) is 12.6. The topological polar surface area (TPSA) is 239 Å². The first-order valence-electron chi connectivity index (χ1n) is 25.3. The number of amides is 3. The molecule has 0 saturated carbocycles. The van der Waals surface area contributed by atoms with Crippen molar-refractivity contribution in [1.29, 1.82) is 0 Å². The van der Waals surface area contributed by atoms with Crippen LogP contribution in [-0.4, -0.2) is 113 Å². The van der Waals surface area contributed by atoms with Crippen molar-refractivity contribution < 1.29 is 71.5 Å². The monoisotopic (exact) mass is 1050 g/mol. The van der Waals surface area contributed by atoms with E-state index in [4.69, 9.17) is 42.6 Å². The van der Waals surface area contributed by atoms with Crippen LogP contribution in [0, 0.1) is 33.8 Å². The molecule has 2 unspecified atom stereocenters. The molecule has 0 aromatic heterocycles. The molecule has 0 aliphatic carbocycles. The van der Waals surface area contributed by atoms with Gasteiger partial charge in [0.2, 0.25) is 24.0 Å². The third-order valence-electron chi connectivity index (χ3n) is 12.6. The van der Waals surface area contributed by atoms with Gasteiger partial charge in [-0.25, -0.2) is 4.79 Å². The highest BCUT2D eigenvalue weighted by molar-refractivity contribution is 5.95. The molecule has 2 aliphatic heterocycles. The minimum atomic E-state index is -1.10. The van der Waals surface area contributed by atoms with E-state index in [0.717, 1.165) is 22.4 Å². The molecular weight excluding hydrogens is 985 g/mol. The maximum atomic E-state index is 13.4. The number of rotatable bonds is 28. The van der Waals surface area contributed by atoms with Gasteiger partial charge in [-0.2, -0.15) is 0 Å². The average molecular weight is 1050 g/mol. The highest BCUT2D eigenvalue weighted by atomic mass is 16.7. The van der Waals surface area contributed by atoms with E-state index in [-0.39, 0.29) is 85.7 Å². The number of unbranched alkanes of at least 4 members (excludes halogenated alkanes) is 1. The van der Waals surface area contributed by atoms with Crippen LogP contribution in [0.3, 0.4) is 0 Å². The molecule has 406 valence electrons. The zero-order chi connectivity index (χ0) is 54.2. The predicted octanol–water partition coefficient (Wildman–Crippen LogP) is 7.66. The van der Waals surface area contributed by atoms with Crippen LogP contribution in [-0.2, 0) is 65.5 Å². The predicted molar refractivity (Wildman–Crippen MR) is 277 cm³/mol. The number of carbonyl (C=O) groups is 5. The minimum absolute atomic E-state index is 0.00642. The lowest BCUT2D eigenvalue weighted by Gasteiger charge is -2.42. The van der Waals surface area contributed by atoms with E-state index >= 15 is 0 Å². The van der Waals surface area contributed by atoms with Gasteiger partial charge in [-0.05, 0) is 79.8 Å². The second-order valence-corrected chi connectivity index (χ2v) is 18.0. The second-order valence-electron chi connectivity index (χ2n) is 18.0.